The number of carbonyl (C=O) groups excluding carboxylic acids is 1. The van der Waals surface area contributed by atoms with Crippen molar-refractivity contribution in [3.05, 3.63) is 42.5 Å². The quantitative estimate of drug-likeness (QED) is 0.752. The van der Waals surface area contributed by atoms with Crippen LogP contribution in [0.5, 0.6) is 0 Å². The fourth-order valence-electron chi connectivity index (χ4n) is 2.40. The summed E-state index contributed by atoms with van der Waals surface area (Å²) in [6.07, 6.45) is 1.75. The molecule has 96 valence electrons. The Kier molecular flexibility index (Phi) is 4.28. The van der Waals surface area contributed by atoms with Crippen LogP contribution in [0.15, 0.2) is 47.4 Å². The number of rotatable bonds is 3. The van der Waals surface area contributed by atoms with Crippen LogP contribution >= 0.6 is 11.8 Å². The zero-order valence-electron chi connectivity index (χ0n) is 11.1. The van der Waals surface area contributed by atoms with Gasteiger partial charge in [0.2, 0.25) is 0 Å². The summed E-state index contributed by atoms with van der Waals surface area (Å²) in [5, 5.41) is 0.385. The zero-order chi connectivity index (χ0) is 13.1. The van der Waals surface area contributed by atoms with Crippen LogP contribution in [0.25, 0.3) is 0 Å². The Balaban J connectivity index is 2.10. The van der Waals surface area contributed by atoms with Crippen LogP contribution in [0.1, 0.15) is 26.7 Å². The summed E-state index contributed by atoms with van der Waals surface area (Å²) in [5.41, 5.74) is 1.15. The van der Waals surface area contributed by atoms with Gasteiger partial charge in [-0.3, -0.25) is 4.79 Å². The van der Waals surface area contributed by atoms with Crippen molar-refractivity contribution >= 4 is 17.5 Å². The van der Waals surface area contributed by atoms with E-state index in [1.165, 1.54) is 4.90 Å². The molecule has 1 aliphatic carbocycles. The third kappa shape index (κ3) is 3.05. The minimum Gasteiger partial charge on any atom is -0.299 e. The number of Topliss-reactive ketones (excluding diaryl/α,β-unsaturated/α-hetero) is 1. The lowest BCUT2D eigenvalue weighted by Crippen LogP contribution is -2.33. The molecule has 0 aliphatic heterocycles. The molecule has 0 heterocycles. The van der Waals surface area contributed by atoms with Gasteiger partial charge in [-0.15, -0.1) is 11.8 Å². The van der Waals surface area contributed by atoms with Crippen LogP contribution in [-0.2, 0) is 4.79 Å². The van der Waals surface area contributed by atoms with Crippen molar-refractivity contribution in [1.82, 2.24) is 0 Å². The second-order valence-corrected chi connectivity index (χ2v) is 6.52. The third-order valence-corrected chi connectivity index (χ3v) is 5.21. The molecule has 2 rings (SSSR count). The third-order valence-electron chi connectivity index (χ3n) is 3.76. The van der Waals surface area contributed by atoms with Crippen molar-refractivity contribution in [2.24, 2.45) is 11.8 Å². The van der Waals surface area contributed by atoms with E-state index in [2.05, 4.69) is 25.6 Å². The van der Waals surface area contributed by atoms with Crippen molar-refractivity contribution in [3.63, 3.8) is 0 Å². The summed E-state index contributed by atoms with van der Waals surface area (Å²) in [5.74, 6) is 0.920. The highest BCUT2D eigenvalue weighted by atomic mass is 32.2. The molecular formula is C16H20OS. The molecule has 0 spiro atoms. The Morgan fingerprint density at radius 2 is 2.00 bits per heavy atom. The Morgan fingerprint density at radius 3 is 2.61 bits per heavy atom. The molecule has 0 amide bonds. The Bertz CT molecular complexity index is 438. The maximum Gasteiger partial charge on any atom is 0.137 e. The number of carbonyl (C=O) groups is 1. The SMILES string of the molecule is C=C(C)C1CC(=O)C(C)C(Sc2ccccc2)C1. The van der Waals surface area contributed by atoms with Gasteiger partial charge in [-0.25, -0.2) is 0 Å². The normalized spacial score (nSPS) is 28.1. The van der Waals surface area contributed by atoms with Gasteiger partial charge in [0.15, 0.2) is 0 Å². The molecule has 2 heteroatoms. The smallest absolute Gasteiger partial charge is 0.137 e. The van der Waals surface area contributed by atoms with Gasteiger partial charge < -0.3 is 0 Å². The number of hydrogen-bond donors (Lipinski definition) is 0. The molecule has 0 N–H and O–H groups in total. The average molecular weight is 260 g/mol. The molecule has 0 radical (unpaired) electrons. The van der Waals surface area contributed by atoms with Crippen LogP contribution < -0.4 is 0 Å². The first-order valence-corrected chi connectivity index (χ1v) is 7.35. The molecule has 18 heavy (non-hydrogen) atoms. The molecule has 0 aromatic heterocycles. The minimum atomic E-state index is 0.158. The molecule has 1 aromatic carbocycles. The maximum atomic E-state index is 12.1. The zero-order valence-corrected chi connectivity index (χ0v) is 11.9. The fraction of sp³-hybridized carbons (Fsp3) is 0.438. The molecule has 1 fully saturated rings. The Labute approximate surface area is 114 Å². The largest absolute Gasteiger partial charge is 0.299 e. The van der Waals surface area contributed by atoms with Gasteiger partial charge in [0, 0.05) is 22.5 Å². The van der Waals surface area contributed by atoms with Gasteiger partial charge in [0.05, 0.1) is 0 Å². The van der Waals surface area contributed by atoms with E-state index in [1.807, 2.05) is 36.9 Å². The van der Waals surface area contributed by atoms with Crippen molar-refractivity contribution in [3.8, 4) is 0 Å². The van der Waals surface area contributed by atoms with Crippen LogP contribution in [-0.4, -0.2) is 11.0 Å². The van der Waals surface area contributed by atoms with E-state index in [4.69, 9.17) is 0 Å². The predicted molar refractivity (Wildman–Crippen MR) is 77.8 cm³/mol. The molecule has 3 atom stereocenters. The lowest BCUT2D eigenvalue weighted by atomic mass is 9.79. The Morgan fingerprint density at radius 1 is 1.33 bits per heavy atom. The Hall–Kier alpha value is -1.02. The monoisotopic (exact) mass is 260 g/mol. The first-order valence-electron chi connectivity index (χ1n) is 6.47. The maximum absolute atomic E-state index is 12.1. The molecule has 1 aromatic rings. The van der Waals surface area contributed by atoms with Gasteiger partial charge in [0.25, 0.3) is 0 Å². The summed E-state index contributed by atoms with van der Waals surface area (Å²) in [6, 6.07) is 10.4. The molecule has 1 nitrogen and oxygen atoms in total. The van der Waals surface area contributed by atoms with Gasteiger partial charge in [-0.1, -0.05) is 37.3 Å². The highest BCUT2D eigenvalue weighted by Gasteiger charge is 2.34. The second kappa shape index (κ2) is 5.75. The summed E-state index contributed by atoms with van der Waals surface area (Å²) in [6.45, 7) is 8.13. The van der Waals surface area contributed by atoms with Gasteiger partial charge in [-0.2, -0.15) is 0 Å². The van der Waals surface area contributed by atoms with E-state index in [1.54, 1.807) is 0 Å². The number of ketones is 1. The molecule has 0 bridgehead atoms. The van der Waals surface area contributed by atoms with Gasteiger partial charge in [-0.05, 0) is 31.4 Å². The highest BCUT2D eigenvalue weighted by Crippen LogP contribution is 2.39. The van der Waals surface area contributed by atoms with E-state index in [0.717, 1.165) is 12.0 Å². The van der Waals surface area contributed by atoms with Crippen molar-refractivity contribution in [2.75, 3.05) is 0 Å². The summed E-state index contributed by atoms with van der Waals surface area (Å²) >= 11 is 1.84. The summed E-state index contributed by atoms with van der Waals surface area (Å²) in [4.78, 5) is 13.3. The van der Waals surface area contributed by atoms with Crippen molar-refractivity contribution < 1.29 is 4.79 Å². The van der Waals surface area contributed by atoms with E-state index in [0.29, 0.717) is 23.4 Å². The standard InChI is InChI=1S/C16H20OS/c1-11(2)13-9-15(17)12(3)16(10-13)18-14-7-5-4-6-8-14/h4-8,12-13,16H,1,9-10H2,2-3H3. The van der Waals surface area contributed by atoms with Crippen LogP contribution in [0, 0.1) is 11.8 Å². The number of benzene rings is 1. The predicted octanol–water partition coefficient (Wildman–Crippen LogP) is 4.34. The molecule has 3 unspecified atom stereocenters. The van der Waals surface area contributed by atoms with Gasteiger partial charge in [0.1, 0.15) is 5.78 Å². The molecule has 1 saturated carbocycles. The van der Waals surface area contributed by atoms with Crippen molar-refractivity contribution in [1.29, 1.82) is 0 Å². The first kappa shape index (κ1) is 13.4. The van der Waals surface area contributed by atoms with Gasteiger partial charge >= 0.3 is 0 Å². The minimum absolute atomic E-state index is 0.158. The average Bonchev–Trinajstić information content (AvgIpc) is 2.35. The highest BCUT2D eigenvalue weighted by molar-refractivity contribution is 8.00. The number of allylic oxidation sites excluding steroid dienone is 1. The van der Waals surface area contributed by atoms with E-state index < -0.39 is 0 Å². The summed E-state index contributed by atoms with van der Waals surface area (Å²) < 4.78 is 0. The van der Waals surface area contributed by atoms with E-state index >= 15 is 0 Å². The number of hydrogen-bond acceptors (Lipinski definition) is 2. The van der Waals surface area contributed by atoms with E-state index in [-0.39, 0.29) is 5.92 Å². The summed E-state index contributed by atoms with van der Waals surface area (Å²) in [7, 11) is 0. The van der Waals surface area contributed by atoms with Crippen LogP contribution in [0.4, 0.5) is 0 Å². The fourth-order valence-corrected chi connectivity index (χ4v) is 3.75. The number of thioether (sulfide) groups is 1. The molecular weight excluding hydrogens is 240 g/mol. The lowest BCUT2D eigenvalue weighted by Gasteiger charge is -2.33. The first-order chi connectivity index (χ1) is 8.58. The van der Waals surface area contributed by atoms with Crippen LogP contribution in [0.2, 0.25) is 0 Å². The van der Waals surface area contributed by atoms with Crippen molar-refractivity contribution in [2.45, 2.75) is 36.8 Å². The lowest BCUT2D eigenvalue weighted by molar-refractivity contribution is -0.124. The molecule has 0 saturated heterocycles. The second-order valence-electron chi connectivity index (χ2n) is 5.21. The molecule has 1 aliphatic rings. The van der Waals surface area contributed by atoms with Crippen LogP contribution in [0.3, 0.4) is 0 Å². The van der Waals surface area contributed by atoms with E-state index in [9.17, 15) is 4.79 Å². The topological polar surface area (TPSA) is 17.1 Å².